The first-order chi connectivity index (χ1) is 7.12. The van der Waals surface area contributed by atoms with Gasteiger partial charge in [-0.1, -0.05) is 13.3 Å². The van der Waals surface area contributed by atoms with Crippen molar-refractivity contribution < 1.29 is 9.84 Å². The first kappa shape index (κ1) is 14.8. The molecule has 0 heterocycles. The Kier molecular flexibility index (Phi) is 8.94. The van der Waals surface area contributed by atoms with E-state index in [4.69, 9.17) is 10.5 Å². The Morgan fingerprint density at radius 3 is 2.67 bits per heavy atom. The predicted octanol–water partition coefficient (Wildman–Crippen LogP) is -0.393. The van der Waals surface area contributed by atoms with Gasteiger partial charge in [-0.25, -0.2) is 0 Å². The van der Waals surface area contributed by atoms with Crippen molar-refractivity contribution >= 4 is 0 Å². The Bertz CT molecular complexity index is 143. The van der Waals surface area contributed by atoms with Crippen LogP contribution in [0, 0.1) is 0 Å². The van der Waals surface area contributed by atoms with Gasteiger partial charge in [-0.05, 0) is 6.42 Å². The summed E-state index contributed by atoms with van der Waals surface area (Å²) in [5.41, 5.74) is 5.32. The van der Waals surface area contributed by atoms with Crippen molar-refractivity contribution in [3.63, 3.8) is 0 Å². The molecule has 0 aromatic carbocycles. The van der Waals surface area contributed by atoms with Crippen LogP contribution in [0.5, 0.6) is 0 Å². The van der Waals surface area contributed by atoms with Gasteiger partial charge in [0.05, 0.1) is 6.61 Å². The molecule has 92 valence electrons. The maximum absolute atomic E-state index is 9.71. The molecule has 1 unspecified atom stereocenters. The van der Waals surface area contributed by atoms with Gasteiger partial charge in [0.1, 0.15) is 0 Å². The number of unbranched alkanes of at least 4 members (excludes halogenated alkanes) is 1. The minimum atomic E-state index is -1.22. The van der Waals surface area contributed by atoms with Crippen LogP contribution >= 0.6 is 0 Å². The molecular formula is C10H25N3O2. The number of nitrogens with two attached hydrogens (primary N) is 1. The van der Waals surface area contributed by atoms with Gasteiger partial charge >= 0.3 is 0 Å². The molecule has 0 aliphatic heterocycles. The molecule has 0 radical (unpaired) electrons. The quantitative estimate of drug-likeness (QED) is 0.297. The number of aliphatic hydroxyl groups is 1. The average molecular weight is 219 g/mol. The van der Waals surface area contributed by atoms with Gasteiger partial charge in [-0.2, -0.15) is 0 Å². The van der Waals surface area contributed by atoms with Crippen LogP contribution in [0.4, 0.5) is 0 Å². The van der Waals surface area contributed by atoms with E-state index in [2.05, 4.69) is 17.6 Å². The van der Waals surface area contributed by atoms with Gasteiger partial charge in [0, 0.05) is 33.1 Å². The summed E-state index contributed by atoms with van der Waals surface area (Å²) < 4.78 is 5.27. The monoisotopic (exact) mass is 219 g/mol. The van der Waals surface area contributed by atoms with Crippen LogP contribution in [0.1, 0.15) is 26.7 Å². The zero-order valence-corrected chi connectivity index (χ0v) is 9.88. The van der Waals surface area contributed by atoms with E-state index in [1.54, 1.807) is 6.92 Å². The van der Waals surface area contributed by atoms with E-state index in [0.717, 1.165) is 25.9 Å². The summed E-state index contributed by atoms with van der Waals surface area (Å²) in [5, 5.41) is 15.7. The lowest BCUT2D eigenvalue weighted by atomic mass is 10.3. The molecule has 0 bridgehead atoms. The smallest absolute Gasteiger partial charge is 0.221 e. The van der Waals surface area contributed by atoms with Crippen molar-refractivity contribution in [2.45, 2.75) is 32.6 Å². The summed E-state index contributed by atoms with van der Waals surface area (Å²) >= 11 is 0. The SMILES string of the molecule is CCCCOC(C)(O)NCCNCCN. The number of ether oxygens (including phenoxy) is 1. The summed E-state index contributed by atoms with van der Waals surface area (Å²) in [4.78, 5) is 0. The fourth-order valence-electron chi connectivity index (χ4n) is 1.08. The van der Waals surface area contributed by atoms with Crippen LogP contribution in [-0.2, 0) is 4.74 Å². The van der Waals surface area contributed by atoms with Crippen molar-refractivity contribution in [1.29, 1.82) is 0 Å². The Labute approximate surface area is 92.4 Å². The van der Waals surface area contributed by atoms with Gasteiger partial charge < -0.3 is 20.9 Å². The number of rotatable bonds is 10. The highest BCUT2D eigenvalue weighted by Crippen LogP contribution is 2.01. The highest BCUT2D eigenvalue weighted by atomic mass is 16.6. The van der Waals surface area contributed by atoms with E-state index in [-0.39, 0.29) is 0 Å². The largest absolute Gasteiger partial charge is 0.353 e. The van der Waals surface area contributed by atoms with E-state index < -0.39 is 5.91 Å². The summed E-state index contributed by atoms with van der Waals surface area (Å²) in [6.07, 6.45) is 2.03. The van der Waals surface area contributed by atoms with E-state index in [0.29, 0.717) is 19.7 Å². The number of hydrogen-bond acceptors (Lipinski definition) is 5. The fourth-order valence-corrected chi connectivity index (χ4v) is 1.08. The third-order valence-electron chi connectivity index (χ3n) is 1.96. The van der Waals surface area contributed by atoms with E-state index in [1.807, 2.05) is 0 Å². The normalized spacial score (nSPS) is 15.2. The van der Waals surface area contributed by atoms with Gasteiger partial charge in [0.15, 0.2) is 0 Å². The van der Waals surface area contributed by atoms with E-state index in [1.165, 1.54) is 0 Å². The fraction of sp³-hybridized carbons (Fsp3) is 1.00. The summed E-state index contributed by atoms with van der Waals surface area (Å²) in [5.74, 6) is -1.22. The summed E-state index contributed by atoms with van der Waals surface area (Å²) in [6.45, 7) is 7.12. The predicted molar refractivity (Wildman–Crippen MR) is 61.4 cm³/mol. The van der Waals surface area contributed by atoms with Crippen LogP contribution in [0.25, 0.3) is 0 Å². The van der Waals surface area contributed by atoms with Gasteiger partial charge in [-0.3, -0.25) is 5.32 Å². The molecule has 1 atom stereocenters. The summed E-state index contributed by atoms with van der Waals surface area (Å²) in [6, 6.07) is 0. The van der Waals surface area contributed by atoms with Crippen molar-refractivity contribution in [2.75, 3.05) is 32.8 Å². The maximum Gasteiger partial charge on any atom is 0.221 e. The molecule has 0 saturated carbocycles. The molecule has 0 aromatic heterocycles. The van der Waals surface area contributed by atoms with Crippen LogP contribution in [0.3, 0.4) is 0 Å². The third kappa shape index (κ3) is 10.1. The zero-order valence-electron chi connectivity index (χ0n) is 9.88. The molecule has 5 heteroatoms. The molecule has 0 aliphatic carbocycles. The molecule has 15 heavy (non-hydrogen) atoms. The maximum atomic E-state index is 9.71. The third-order valence-corrected chi connectivity index (χ3v) is 1.96. The molecule has 5 N–H and O–H groups in total. The van der Waals surface area contributed by atoms with Crippen LogP contribution in [0.15, 0.2) is 0 Å². The first-order valence-corrected chi connectivity index (χ1v) is 5.64. The lowest BCUT2D eigenvalue weighted by Gasteiger charge is -2.25. The molecule has 0 aliphatic rings. The van der Waals surface area contributed by atoms with E-state index in [9.17, 15) is 5.11 Å². The minimum Gasteiger partial charge on any atom is -0.353 e. The lowest BCUT2D eigenvalue weighted by molar-refractivity contribution is -0.211. The second kappa shape index (κ2) is 9.06. The second-order valence-electron chi connectivity index (χ2n) is 3.65. The van der Waals surface area contributed by atoms with E-state index >= 15 is 0 Å². The topological polar surface area (TPSA) is 79.5 Å². The first-order valence-electron chi connectivity index (χ1n) is 5.64. The Morgan fingerprint density at radius 2 is 2.07 bits per heavy atom. The highest BCUT2D eigenvalue weighted by Gasteiger charge is 2.18. The van der Waals surface area contributed by atoms with Crippen molar-refractivity contribution in [2.24, 2.45) is 5.73 Å². The molecule has 0 aromatic rings. The standard InChI is InChI=1S/C10H25N3O2/c1-3-4-9-15-10(2,14)13-8-7-12-6-5-11/h12-14H,3-9,11H2,1-2H3. The van der Waals surface area contributed by atoms with Crippen molar-refractivity contribution in [1.82, 2.24) is 10.6 Å². The van der Waals surface area contributed by atoms with Crippen molar-refractivity contribution in [3.05, 3.63) is 0 Å². The molecule has 0 spiro atoms. The minimum absolute atomic E-state index is 0.576. The zero-order chi connectivity index (χ0) is 11.6. The number of hydrogen-bond donors (Lipinski definition) is 4. The molecule has 5 nitrogen and oxygen atoms in total. The van der Waals surface area contributed by atoms with Gasteiger partial charge in [0.2, 0.25) is 5.91 Å². The second-order valence-corrected chi connectivity index (χ2v) is 3.65. The van der Waals surface area contributed by atoms with Crippen LogP contribution in [-0.4, -0.2) is 43.8 Å². The van der Waals surface area contributed by atoms with Gasteiger partial charge in [-0.15, -0.1) is 0 Å². The molecule has 0 saturated heterocycles. The lowest BCUT2D eigenvalue weighted by Crippen LogP contribution is -2.47. The van der Waals surface area contributed by atoms with Crippen LogP contribution < -0.4 is 16.4 Å². The molecule has 0 fully saturated rings. The number of nitrogens with one attached hydrogen (secondary N) is 2. The van der Waals surface area contributed by atoms with Crippen LogP contribution in [0.2, 0.25) is 0 Å². The Morgan fingerprint density at radius 1 is 1.33 bits per heavy atom. The molecule has 0 amide bonds. The molecule has 0 rings (SSSR count). The average Bonchev–Trinajstić information content (AvgIpc) is 2.17. The Balaban J connectivity index is 3.38. The highest BCUT2D eigenvalue weighted by molar-refractivity contribution is 4.59. The van der Waals surface area contributed by atoms with Crippen molar-refractivity contribution in [3.8, 4) is 0 Å². The molecular weight excluding hydrogens is 194 g/mol. The Hall–Kier alpha value is -0.200. The van der Waals surface area contributed by atoms with Gasteiger partial charge in [0.25, 0.3) is 0 Å². The summed E-state index contributed by atoms with van der Waals surface area (Å²) in [7, 11) is 0.